The minimum absolute atomic E-state index is 0.00289. The molecule has 1 rings (SSSR count). The molecular weight excluding hydrogens is 266 g/mol. The molecule has 1 aromatic heterocycles. The van der Waals surface area contributed by atoms with Crippen LogP contribution < -0.4 is 5.73 Å². The first-order valence-corrected chi connectivity index (χ1v) is 5.80. The molecule has 18 heavy (non-hydrogen) atoms. The van der Waals surface area contributed by atoms with Gasteiger partial charge in [-0.05, 0) is 18.6 Å². The molecule has 0 aliphatic carbocycles. The van der Waals surface area contributed by atoms with Crippen LogP contribution in [-0.4, -0.2) is 17.6 Å². The van der Waals surface area contributed by atoms with Crippen LogP contribution in [0.3, 0.4) is 0 Å². The van der Waals surface area contributed by atoms with Crippen LogP contribution in [0.5, 0.6) is 0 Å². The van der Waals surface area contributed by atoms with Crippen molar-refractivity contribution in [3.05, 3.63) is 22.9 Å². The van der Waals surface area contributed by atoms with Crippen LogP contribution in [0.25, 0.3) is 0 Å². The molecule has 7 heteroatoms. The Bertz CT molecular complexity index is 441. The molecule has 0 aliphatic rings. The van der Waals surface area contributed by atoms with E-state index < -0.39 is 18.1 Å². The van der Waals surface area contributed by atoms with Gasteiger partial charge in [0.1, 0.15) is 11.5 Å². The van der Waals surface area contributed by atoms with Crippen LogP contribution in [-0.2, 0) is 21.8 Å². The molecule has 0 bridgehead atoms. The number of anilines is 1. The molecule has 100 valence electrons. The number of esters is 1. The summed E-state index contributed by atoms with van der Waals surface area (Å²) in [7, 11) is 0. The maximum atomic E-state index is 12.6. The number of hydrogen-bond acceptors (Lipinski definition) is 4. The van der Waals surface area contributed by atoms with Crippen LogP contribution in [0.2, 0.25) is 0 Å². The van der Waals surface area contributed by atoms with Crippen molar-refractivity contribution < 1.29 is 18.3 Å². The Hall–Kier alpha value is -1.43. The van der Waals surface area contributed by atoms with Crippen LogP contribution in [0.1, 0.15) is 30.2 Å². The van der Waals surface area contributed by atoms with Crippen LogP contribution in [0.4, 0.5) is 14.6 Å². The second-order valence-electron chi connectivity index (χ2n) is 3.49. The van der Waals surface area contributed by atoms with Crippen molar-refractivity contribution in [2.24, 2.45) is 0 Å². The number of pyridine rings is 1. The van der Waals surface area contributed by atoms with Gasteiger partial charge in [0.25, 0.3) is 6.43 Å². The number of nitrogens with zero attached hydrogens (tertiary/aromatic N) is 1. The first-order chi connectivity index (χ1) is 8.49. The van der Waals surface area contributed by atoms with Gasteiger partial charge in [-0.3, -0.25) is 4.79 Å². The SMILES string of the molecule is CCOC(=O)Cc1cc(C(F)F)nc(N)c1CCl. The van der Waals surface area contributed by atoms with Crippen molar-refractivity contribution in [1.29, 1.82) is 0 Å². The molecule has 0 amide bonds. The zero-order valence-corrected chi connectivity index (χ0v) is 10.5. The highest BCUT2D eigenvalue weighted by molar-refractivity contribution is 6.17. The standard InChI is InChI=1S/C11H13ClF2N2O2/c1-2-18-9(17)4-6-3-8(10(13)14)16-11(15)7(6)5-12/h3,10H,2,4-5H2,1H3,(H2,15,16). The molecule has 0 saturated heterocycles. The second kappa shape index (κ2) is 6.49. The van der Waals surface area contributed by atoms with Gasteiger partial charge in [-0.1, -0.05) is 0 Å². The number of aromatic nitrogens is 1. The summed E-state index contributed by atoms with van der Waals surface area (Å²) < 4.78 is 29.9. The number of halogens is 3. The summed E-state index contributed by atoms with van der Waals surface area (Å²) >= 11 is 5.67. The van der Waals surface area contributed by atoms with Gasteiger partial charge >= 0.3 is 5.97 Å². The maximum absolute atomic E-state index is 12.6. The van der Waals surface area contributed by atoms with Crippen molar-refractivity contribution in [2.45, 2.75) is 25.7 Å². The van der Waals surface area contributed by atoms with Crippen LogP contribution in [0.15, 0.2) is 6.07 Å². The van der Waals surface area contributed by atoms with E-state index in [2.05, 4.69) is 4.98 Å². The summed E-state index contributed by atoms with van der Waals surface area (Å²) in [5, 5.41) is 0. The average molecular weight is 279 g/mol. The molecule has 0 saturated carbocycles. The van der Waals surface area contributed by atoms with Crippen molar-refractivity contribution in [2.75, 3.05) is 12.3 Å². The molecule has 0 unspecified atom stereocenters. The summed E-state index contributed by atoms with van der Waals surface area (Å²) in [6.07, 6.45) is -2.90. The van der Waals surface area contributed by atoms with E-state index in [0.717, 1.165) is 6.07 Å². The van der Waals surface area contributed by atoms with Gasteiger partial charge in [0.2, 0.25) is 0 Å². The molecule has 0 aromatic carbocycles. The number of rotatable bonds is 5. The lowest BCUT2D eigenvalue weighted by Crippen LogP contribution is -2.12. The van der Waals surface area contributed by atoms with Crippen molar-refractivity contribution in [1.82, 2.24) is 4.98 Å². The van der Waals surface area contributed by atoms with Gasteiger partial charge in [-0.2, -0.15) is 0 Å². The lowest BCUT2D eigenvalue weighted by molar-refractivity contribution is -0.142. The number of alkyl halides is 3. The second-order valence-corrected chi connectivity index (χ2v) is 3.75. The van der Waals surface area contributed by atoms with Gasteiger partial charge in [0, 0.05) is 5.56 Å². The Morgan fingerprint density at radius 1 is 1.61 bits per heavy atom. The van der Waals surface area contributed by atoms with Gasteiger partial charge in [0.15, 0.2) is 0 Å². The third-order valence-electron chi connectivity index (χ3n) is 2.27. The molecule has 0 atom stereocenters. The lowest BCUT2D eigenvalue weighted by Gasteiger charge is -2.11. The van der Waals surface area contributed by atoms with Crippen molar-refractivity contribution >= 4 is 23.4 Å². The first-order valence-electron chi connectivity index (χ1n) is 5.27. The monoisotopic (exact) mass is 278 g/mol. The highest BCUT2D eigenvalue weighted by Gasteiger charge is 2.17. The highest BCUT2D eigenvalue weighted by Crippen LogP contribution is 2.25. The van der Waals surface area contributed by atoms with E-state index in [0.29, 0.717) is 11.1 Å². The van der Waals surface area contributed by atoms with Gasteiger partial charge in [0.05, 0.1) is 18.9 Å². The third-order valence-corrected chi connectivity index (χ3v) is 2.53. The van der Waals surface area contributed by atoms with E-state index in [1.807, 2.05) is 0 Å². The highest BCUT2D eigenvalue weighted by atomic mass is 35.5. The van der Waals surface area contributed by atoms with E-state index >= 15 is 0 Å². The normalized spacial score (nSPS) is 10.7. The molecule has 4 nitrogen and oxygen atoms in total. The Morgan fingerprint density at radius 2 is 2.28 bits per heavy atom. The van der Waals surface area contributed by atoms with E-state index in [4.69, 9.17) is 22.1 Å². The Labute approximate surface area is 108 Å². The fraction of sp³-hybridized carbons (Fsp3) is 0.455. The minimum atomic E-state index is -2.75. The van der Waals surface area contributed by atoms with Gasteiger partial charge in [-0.15, -0.1) is 11.6 Å². The van der Waals surface area contributed by atoms with Crippen LogP contribution in [0, 0.1) is 0 Å². The molecule has 0 fully saturated rings. The molecule has 1 aromatic rings. The van der Waals surface area contributed by atoms with E-state index in [1.54, 1.807) is 6.92 Å². The number of nitrogens with two attached hydrogens (primary N) is 1. The number of ether oxygens (including phenoxy) is 1. The zero-order chi connectivity index (χ0) is 13.7. The predicted octanol–water partition coefficient (Wildman–Crippen LogP) is 2.45. The fourth-order valence-electron chi connectivity index (χ4n) is 1.46. The Morgan fingerprint density at radius 3 is 2.78 bits per heavy atom. The number of carbonyl (C=O) groups excluding carboxylic acids is 1. The summed E-state index contributed by atoms with van der Waals surface area (Å²) in [6.45, 7) is 1.88. The van der Waals surface area contributed by atoms with E-state index in [1.165, 1.54) is 0 Å². The minimum Gasteiger partial charge on any atom is -0.466 e. The fourth-order valence-corrected chi connectivity index (χ4v) is 1.77. The summed E-state index contributed by atoms with van der Waals surface area (Å²) in [5.41, 5.74) is 5.78. The number of carbonyl (C=O) groups is 1. The topological polar surface area (TPSA) is 65.2 Å². The summed E-state index contributed by atoms with van der Waals surface area (Å²) in [4.78, 5) is 14.9. The van der Waals surface area contributed by atoms with Crippen molar-refractivity contribution in [3.63, 3.8) is 0 Å². The maximum Gasteiger partial charge on any atom is 0.310 e. The molecular formula is C11H13ClF2N2O2. The number of nitrogen functional groups attached to an aromatic ring is 1. The van der Waals surface area contributed by atoms with E-state index in [9.17, 15) is 13.6 Å². The third kappa shape index (κ3) is 3.53. The quantitative estimate of drug-likeness (QED) is 0.664. The molecule has 0 radical (unpaired) electrons. The average Bonchev–Trinajstić information content (AvgIpc) is 2.28. The first kappa shape index (κ1) is 14.6. The van der Waals surface area contributed by atoms with Gasteiger partial charge in [-0.25, -0.2) is 13.8 Å². The molecule has 2 N–H and O–H groups in total. The van der Waals surface area contributed by atoms with Crippen LogP contribution >= 0.6 is 11.6 Å². The Balaban J connectivity index is 3.10. The van der Waals surface area contributed by atoms with Crippen molar-refractivity contribution in [3.8, 4) is 0 Å². The molecule has 1 heterocycles. The predicted molar refractivity (Wildman–Crippen MR) is 63.5 cm³/mol. The largest absolute Gasteiger partial charge is 0.466 e. The Kier molecular flexibility index (Phi) is 5.27. The summed E-state index contributed by atoms with van der Waals surface area (Å²) in [6, 6.07) is 1.13. The molecule has 0 spiro atoms. The number of hydrogen-bond donors (Lipinski definition) is 1. The lowest BCUT2D eigenvalue weighted by atomic mass is 10.1. The molecule has 0 aliphatic heterocycles. The van der Waals surface area contributed by atoms with E-state index in [-0.39, 0.29) is 24.7 Å². The summed E-state index contributed by atoms with van der Waals surface area (Å²) in [5.74, 6) is -0.603. The van der Waals surface area contributed by atoms with Gasteiger partial charge < -0.3 is 10.5 Å². The smallest absolute Gasteiger partial charge is 0.310 e. The zero-order valence-electron chi connectivity index (χ0n) is 9.75.